The van der Waals surface area contributed by atoms with Crippen LogP contribution in [0.4, 0.5) is 11.4 Å². The number of carboxylic acids is 1. The highest BCUT2D eigenvalue weighted by molar-refractivity contribution is 7.91. The molecule has 0 fully saturated rings. The molecule has 3 unspecified atom stereocenters. The maximum Gasteiger partial charge on any atom is 0.329 e. The molecule has 1 aliphatic rings. The predicted molar refractivity (Wildman–Crippen MR) is 168 cm³/mol. The maximum atomic E-state index is 13.9. The van der Waals surface area contributed by atoms with Gasteiger partial charge >= 0.3 is 5.97 Å². The molecule has 12 heteroatoms. The Morgan fingerprint density at radius 2 is 1.68 bits per heavy atom. The van der Waals surface area contributed by atoms with Gasteiger partial charge in [0.2, 0.25) is 5.91 Å². The second-order valence-electron chi connectivity index (χ2n) is 11.4. The third-order valence-corrected chi connectivity index (χ3v) is 10.1. The Bertz CT molecular complexity index is 1370. The van der Waals surface area contributed by atoms with Crippen LogP contribution in [0.3, 0.4) is 0 Å². The first-order valence-corrected chi connectivity index (χ1v) is 16.7. The number of aliphatic carboxylic acids is 1. The number of unbranched alkanes of at least 4 members (excludes halogenated alkanes) is 1. The average Bonchev–Trinajstić information content (AvgIpc) is 3.05. The lowest BCUT2D eigenvalue weighted by molar-refractivity contribution is -0.142. The first-order valence-electron chi connectivity index (χ1n) is 15.0. The summed E-state index contributed by atoms with van der Waals surface area (Å²) in [7, 11) is 0.0673. The highest BCUT2D eigenvalue weighted by atomic mass is 32.2. The smallest absolute Gasteiger partial charge is 0.329 e. The van der Waals surface area contributed by atoms with Gasteiger partial charge in [0.1, 0.15) is 13.2 Å². The molecule has 244 valence electrons. The molecule has 0 saturated heterocycles. The van der Waals surface area contributed by atoms with Crippen LogP contribution in [0, 0.1) is 5.41 Å². The molecule has 3 rings (SSSR count). The fraction of sp³-hybridized carbons (Fsp3) is 0.562. The summed E-state index contributed by atoms with van der Waals surface area (Å²) in [5, 5.41) is 23.5. The zero-order valence-electron chi connectivity index (χ0n) is 26.1. The van der Waals surface area contributed by atoms with E-state index in [0.29, 0.717) is 29.7 Å². The number of amides is 1. The van der Waals surface area contributed by atoms with Crippen molar-refractivity contribution in [2.75, 3.05) is 69.7 Å². The third-order valence-electron chi connectivity index (χ3n) is 8.07. The second-order valence-corrected chi connectivity index (χ2v) is 13.4. The van der Waals surface area contributed by atoms with E-state index in [4.69, 9.17) is 19.3 Å². The number of benzene rings is 2. The van der Waals surface area contributed by atoms with Gasteiger partial charge in [-0.05, 0) is 54.3 Å². The van der Waals surface area contributed by atoms with E-state index in [9.17, 15) is 23.1 Å². The molecule has 1 amide bonds. The minimum atomic E-state index is -3.70. The summed E-state index contributed by atoms with van der Waals surface area (Å²) in [4.78, 5) is 25.2. The molecule has 44 heavy (non-hydrogen) atoms. The van der Waals surface area contributed by atoms with E-state index in [1.165, 1.54) is 0 Å². The third kappa shape index (κ3) is 9.24. The van der Waals surface area contributed by atoms with Gasteiger partial charge in [-0.3, -0.25) is 4.79 Å². The number of fused-ring (bicyclic) bond motifs is 1. The predicted octanol–water partition coefficient (Wildman–Crippen LogP) is 3.69. The molecule has 0 aromatic heterocycles. The summed E-state index contributed by atoms with van der Waals surface area (Å²) in [6.07, 6.45) is 1.79. The summed E-state index contributed by atoms with van der Waals surface area (Å²) >= 11 is 0. The molecule has 11 nitrogen and oxygen atoms in total. The summed E-state index contributed by atoms with van der Waals surface area (Å²) in [6.45, 7) is 4.14. The summed E-state index contributed by atoms with van der Waals surface area (Å²) in [5.41, 5.74) is 1.75. The minimum absolute atomic E-state index is 0.130. The Labute approximate surface area is 260 Å². The lowest BCUT2D eigenvalue weighted by atomic mass is 9.69. The van der Waals surface area contributed by atoms with E-state index in [0.717, 1.165) is 18.5 Å². The number of carbonyl (C=O) groups is 2. The van der Waals surface area contributed by atoms with Crippen molar-refractivity contribution < 1.29 is 42.4 Å². The number of sulfone groups is 1. The molecular weight excluding hydrogens is 588 g/mol. The van der Waals surface area contributed by atoms with Crippen LogP contribution in [-0.2, 0) is 33.6 Å². The van der Waals surface area contributed by atoms with Crippen LogP contribution in [0.2, 0.25) is 0 Å². The van der Waals surface area contributed by atoms with Crippen molar-refractivity contribution in [1.82, 2.24) is 0 Å². The van der Waals surface area contributed by atoms with Crippen LogP contribution in [-0.4, -0.2) is 96.1 Å². The van der Waals surface area contributed by atoms with Crippen LogP contribution in [0.25, 0.3) is 0 Å². The van der Waals surface area contributed by atoms with Gasteiger partial charge in [0.25, 0.3) is 0 Å². The lowest BCUT2D eigenvalue weighted by Crippen LogP contribution is -2.42. The van der Waals surface area contributed by atoms with Gasteiger partial charge in [-0.1, -0.05) is 38.8 Å². The van der Waals surface area contributed by atoms with Gasteiger partial charge in [-0.25, -0.2) is 13.2 Å². The van der Waals surface area contributed by atoms with Crippen molar-refractivity contribution in [2.45, 2.75) is 56.4 Å². The number of hydrogen-bond donors (Lipinski definition) is 3. The van der Waals surface area contributed by atoms with Crippen LogP contribution >= 0.6 is 0 Å². The minimum Gasteiger partial charge on any atom is -0.480 e. The number of carboxylic acid groups (broad SMARTS) is 1. The van der Waals surface area contributed by atoms with Gasteiger partial charge in [-0.2, -0.15) is 0 Å². The molecule has 2 aromatic carbocycles. The van der Waals surface area contributed by atoms with Crippen molar-refractivity contribution in [3.63, 3.8) is 0 Å². The van der Waals surface area contributed by atoms with Crippen LogP contribution in [0.1, 0.15) is 56.6 Å². The van der Waals surface area contributed by atoms with Gasteiger partial charge in [-0.15, -0.1) is 0 Å². The molecule has 1 heterocycles. The molecule has 1 aliphatic heterocycles. The largest absolute Gasteiger partial charge is 0.480 e. The Morgan fingerprint density at radius 1 is 1.00 bits per heavy atom. The molecule has 3 N–H and O–H groups in total. The first kappa shape index (κ1) is 35.4. The fourth-order valence-corrected chi connectivity index (χ4v) is 7.93. The number of nitrogens with zero attached hydrogens (tertiary/aromatic N) is 1. The number of hydrogen-bond acceptors (Lipinski definition) is 9. The number of ether oxygens (including phenoxy) is 3. The SMILES string of the molecule is CCCCC1(CC)CS(=O)(=O)c2ccc(N(C)C)cc2C(c2cccc(NC(=O)COCCOCCOCC(=O)O)c2)C1O. The van der Waals surface area contributed by atoms with E-state index in [1.807, 2.05) is 38.1 Å². The highest BCUT2D eigenvalue weighted by Crippen LogP contribution is 2.49. The number of aliphatic hydroxyl groups is 1. The second kappa shape index (κ2) is 16.3. The topological polar surface area (TPSA) is 152 Å². The standard InChI is InChI=1S/C32H46N2O9S/c1-5-7-13-32(6-2)22-44(39,40)27-12-11-25(34(3)4)19-26(27)30(31(32)38)23-9-8-10-24(18-23)33-28(35)20-42-16-14-41-15-17-43-21-29(36)37/h8-12,18-19,30-31,38H,5-7,13-17,20-22H2,1-4H3,(H,33,35)(H,36,37). The lowest BCUT2D eigenvalue weighted by Gasteiger charge is -2.39. The molecule has 0 aliphatic carbocycles. The normalized spacial score (nSPS) is 20.8. The number of carbonyl (C=O) groups excluding carboxylic acids is 1. The van der Waals surface area contributed by atoms with Crippen LogP contribution < -0.4 is 10.2 Å². The van der Waals surface area contributed by atoms with Gasteiger partial charge in [0, 0.05) is 36.8 Å². The average molecular weight is 635 g/mol. The van der Waals surface area contributed by atoms with E-state index in [1.54, 1.807) is 30.3 Å². The molecule has 0 saturated carbocycles. The monoisotopic (exact) mass is 634 g/mol. The molecule has 0 radical (unpaired) electrons. The summed E-state index contributed by atoms with van der Waals surface area (Å²) < 4.78 is 43.3. The number of aliphatic hydroxyl groups excluding tert-OH is 1. The molecular formula is C32H46N2O9S. The van der Waals surface area contributed by atoms with Gasteiger partial charge in [0.05, 0.1) is 43.2 Å². The van der Waals surface area contributed by atoms with Crippen LogP contribution in [0.15, 0.2) is 47.4 Å². The number of rotatable bonds is 17. The van der Waals surface area contributed by atoms with Crippen molar-refractivity contribution in [3.05, 3.63) is 53.6 Å². The Hall–Kier alpha value is -3.03. The zero-order chi connectivity index (χ0) is 32.3. The quantitative estimate of drug-likeness (QED) is 0.220. The first-order chi connectivity index (χ1) is 20.9. The van der Waals surface area contributed by atoms with E-state index < -0.39 is 33.2 Å². The maximum absolute atomic E-state index is 13.9. The molecule has 0 spiro atoms. The molecule has 2 aromatic rings. The molecule has 3 atom stereocenters. The van der Waals surface area contributed by atoms with Crippen molar-refractivity contribution in [2.24, 2.45) is 5.41 Å². The van der Waals surface area contributed by atoms with Gasteiger partial charge in [0.15, 0.2) is 9.84 Å². The van der Waals surface area contributed by atoms with E-state index in [-0.39, 0.29) is 56.2 Å². The van der Waals surface area contributed by atoms with E-state index >= 15 is 0 Å². The Kier molecular flexibility index (Phi) is 13.2. The fourth-order valence-electron chi connectivity index (χ4n) is 5.67. The number of nitrogens with one attached hydrogen (secondary N) is 1. The van der Waals surface area contributed by atoms with Gasteiger partial charge < -0.3 is 34.6 Å². The zero-order valence-corrected chi connectivity index (χ0v) is 26.9. The Balaban J connectivity index is 1.81. The summed E-state index contributed by atoms with van der Waals surface area (Å²) in [6, 6.07) is 12.5. The summed E-state index contributed by atoms with van der Waals surface area (Å²) in [5.74, 6) is -2.19. The van der Waals surface area contributed by atoms with Crippen molar-refractivity contribution in [3.8, 4) is 0 Å². The van der Waals surface area contributed by atoms with Crippen molar-refractivity contribution >= 4 is 33.1 Å². The number of anilines is 2. The molecule has 0 bridgehead atoms. The highest BCUT2D eigenvalue weighted by Gasteiger charge is 2.49. The van der Waals surface area contributed by atoms with E-state index in [2.05, 4.69) is 12.2 Å². The Morgan fingerprint density at radius 3 is 2.32 bits per heavy atom. The van der Waals surface area contributed by atoms with Crippen LogP contribution in [0.5, 0.6) is 0 Å². The van der Waals surface area contributed by atoms with Crippen molar-refractivity contribution in [1.29, 1.82) is 0 Å².